The first kappa shape index (κ1) is 25.3. The van der Waals surface area contributed by atoms with Crippen LogP contribution in [0.1, 0.15) is 32.1 Å². The fourth-order valence-corrected chi connectivity index (χ4v) is 4.55. The van der Waals surface area contributed by atoms with Crippen molar-refractivity contribution in [3.05, 3.63) is 112 Å². The monoisotopic (exact) mass is 546 g/mol. The van der Waals surface area contributed by atoms with Crippen molar-refractivity contribution >= 4 is 52.4 Å². The van der Waals surface area contributed by atoms with Gasteiger partial charge in [-0.25, -0.2) is 9.97 Å². The third-order valence-electron chi connectivity index (χ3n) is 5.92. The molecule has 1 aliphatic heterocycles. The molecule has 0 aliphatic carbocycles. The van der Waals surface area contributed by atoms with Gasteiger partial charge in [0.25, 0.3) is 11.8 Å². The van der Waals surface area contributed by atoms with Crippen molar-refractivity contribution in [3.8, 4) is 0 Å². The summed E-state index contributed by atoms with van der Waals surface area (Å²) in [4.78, 5) is 53.7. The van der Waals surface area contributed by atoms with Gasteiger partial charge in [0.1, 0.15) is 11.9 Å². The number of benzene rings is 1. The number of nitrogens with one attached hydrogen (secondary N) is 2. The first-order valence-electron chi connectivity index (χ1n) is 11.6. The molecule has 9 nitrogen and oxygen atoms in total. The van der Waals surface area contributed by atoms with Gasteiger partial charge in [0, 0.05) is 37.3 Å². The number of pyridine rings is 3. The van der Waals surface area contributed by atoms with E-state index in [9.17, 15) is 14.4 Å². The molecule has 0 saturated carbocycles. The molecule has 4 heterocycles. The SMILES string of the molecule is O=C(Nc1ccccn1)c1ccc(CN2C(=O)c3ncc(Cl)cc3NC(=O)C2Cc2ccccn2)cc1Cl. The average molecular weight is 547 g/mol. The summed E-state index contributed by atoms with van der Waals surface area (Å²) in [6.07, 6.45) is 4.73. The first-order valence-corrected chi connectivity index (χ1v) is 12.3. The molecule has 3 amide bonds. The fraction of sp³-hybridized carbons (Fsp3) is 0.111. The second-order valence-electron chi connectivity index (χ2n) is 8.50. The Kier molecular flexibility index (Phi) is 7.30. The number of halogens is 2. The molecule has 1 aliphatic rings. The van der Waals surface area contributed by atoms with E-state index in [0.717, 1.165) is 0 Å². The van der Waals surface area contributed by atoms with Crippen LogP contribution in [0.15, 0.2) is 79.3 Å². The Labute approximate surface area is 227 Å². The maximum absolute atomic E-state index is 13.7. The molecule has 0 fully saturated rings. The first-order chi connectivity index (χ1) is 18.4. The van der Waals surface area contributed by atoms with Crippen molar-refractivity contribution in [1.29, 1.82) is 0 Å². The number of aromatic nitrogens is 3. The lowest BCUT2D eigenvalue weighted by molar-refractivity contribution is -0.120. The predicted molar refractivity (Wildman–Crippen MR) is 143 cm³/mol. The van der Waals surface area contributed by atoms with Gasteiger partial charge in [-0.2, -0.15) is 0 Å². The minimum absolute atomic E-state index is 0.0371. The average Bonchev–Trinajstić information content (AvgIpc) is 2.99. The van der Waals surface area contributed by atoms with E-state index in [2.05, 4.69) is 25.6 Å². The Bertz CT molecular complexity index is 1520. The molecule has 0 saturated heterocycles. The maximum Gasteiger partial charge on any atom is 0.275 e. The highest BCUT2D eigenvalue weighted by Crippen LogP contribution is 2.28. The molecule has 0 bridgehead atoms. The Morgan fingerprint density at radius 2 is 1.76 bits per heavy atom. The molecule has 1 aromatic carbocycles. The standard InChI is InChI=1S/C27H20Cl2N6O3/c28-17-12-21-24(32-14-17)27(38)35(22(26(37)33-21)13-18-5-1-3-9-30-18)15-16-7-8-19(20(29)11-16)25(36)34-23-6-2-4-10-31-23/h1-12,14,22H,13,15H2,(H,33,37)(H,31,34,36). The van der Waals surface area contributed by atoms with E-state index in [1.807, 2.05) is 6.07 Å². The topological polar surface area (TPSA) is 117 Å². The number of hydrogen-bond donors (Lipinski definition) is 2. The van der Waals surface area contributed by atoms with Gasteiger partial charge in [-0.15, -0.1) is 0 Å². The van der Waals surface area contributed by atoms with E-state index < -0.39 is 23.8 Å². The number of carbonyl (C=O) groups excluding carboxylic acids is 3. The van der Waals surface area contributed by atoms with Crippen LogP contribution in [0.4, 0.5) is 11.5 Å². The minimum atomic E-state index is -0.892. The van der Waals surface area contributed by atoms with Gasteiger partial charge < -0.3 is 15.5 Å². The van der Waals surface area contributed by atoms with Crippen LogP contribution in [0.3, 0.4) is 0 Å². The predicted octanol–water partition coefficient (Wildman–Crippen LogP) is 4.64. The quantitative estimate of drug-likeness (QED) is 0.364. The molecule has 1 unspecified atom stereocenters. The summed E-state index contributed by atoms with van der Waals surface area (Å²) in [5.74, 6) is -0.885. The fourth-order valence-electron chi connectivity index (χ4n) is 4.10. The Morgan fingerprint density at radius 3 is 2.47 bits per heavy atom. The van der Waals surface area contributed by atoms with Crippen molar-refractivity contribution < 1.29 is 14.4 Å². The van der Waals surface area contributed by atoms with Crippen LogP contribution >= 0.6 is 23.2 Å². The van der Waals surface area contributed by atoms with Crippen molar-refractivity contribution in [2.24, 2.45) is 0 Å². The maximum atomic E-state index is 13.7. The number of hydrogen-bond acceptors (Lipinski definition) is 6. The molecule has 3 aromatic heterocycles. The van der Waals surface area contributed by atoms with E-state index in [4.69, 9.17) is 23.2 Å². The molecule has 190 valence electrons. The van der Waals surface area contributed by atoms with Gasteiger partial charge in [-0.1, -0.05) is 41.4 Å². The van der Waals surface area contributed by atoms with Gasteiger partial charge in [0.05, 0.1) is 21.3 Å². The molecule has 1 atom stereocenters. The minimum Gasteiger partial charge on any atom is -0.322 e. The molecule has 4 aromatic rings. The summed E-state index contributed by atoms with van der Waals surface area (Å²) in [5.41, 5.74) is 1.81. The Hall–Kier alpha value is -4.34. The van der Waals surface area contributed by atoms with Crippen LogP contribution < -0.4 is 10.6 Å². The third-order valence-corrected chi connectivity index (χ3v) is 6.44. The normalized spacial score (nSPS) is 14.9. The van der Waals surface area contributed by atoms with Crippen LogP contribution in [0.2, 0.25) is 10.0 Å². The molecule has 0 radical (unpaired) electrons. The van der Waals surface area contributed by atoms with E-state index in [1.165, 1.54) is 17.2 Å². The lowest BCUT2D eigenvalue weighted by Gasteiger charge is -2.28. The van der Waals surface area contributed by atoms with E-state index in [0.29, 0.717) is 17.1 Å². The highest BCUT2D eigenvalue weighted by Gasteiger charge is 2.37. The van der Waals surface area contributed by atoms with Crippen molar-refractivity contribution in [2.75, 3.05) is 10.6 Å². The molecule has 11 heteroatoms. The molecule has 5 rings (SSSR count). The lowest BCUT2D eigenvalue weighted by atomic mass is 10.1. The molecular weight excluding hydrogens is 527 g/mol. The van der Waals surface area contributed by atoms with Crippen LogP contribution in [0.5, 0.6) is 0 Å². The smallest absolute Gasteiger partial charge is 0.275 e. The van der Waals surface area contributed by atoms with E-state index in [-0.39, 0.29) is 40.0 Å². The summed E-state index contributed by atoms with van der Waals surface area (Å²) in [6.45, 7) is 0.0371. The van der Waals surface area contributed by atoms with Gasteiger partial charge in [-0.05, 0) is 48.0 Å². The van der Waals surface area contributed by atoms with E-state index in [1.54, 1.807) is 60.9 Å². The molecule has 38 heavy (non-hydrogen) atoms. The number of nitrogens with zero attached hydrogens (tertiary/aromatic N) is 4. The summed E-state index contributed by atoms with van der Waals surface area (Å²) < 4.78 is 0. The summed E-state index contributed by atoms with van der Waals surface area (Å²) in [6, 6.07) is 16.0. The van der Waals surface area contributed by atoms with Crippen LogP contribution in [-0.4, -0.2) is 43.6 Å². The van der Waals surface area contributed by atoms with Gasteiger partial charge >= 0.3 is 0 Å². The lowest BCUT2D eigenvalue weighted by Crippen LogP contribution is -2.46. The molecule has 0 spiro atoms. The van der Waals surface area contributed by atoms with Crippen molar-refractivity contribution in [1.82, 2.24) is 19.9 Å². The summed E-state index contributed by atoms with van der Waals surface area (Å²) >= 11 is 12.5. The van der Waals surface area contributed by atoms with Gasteiger partial charge in [0.15, 0.2) is 5.69 Å². The molecule has 2 N–H and O–H groups in total. The number of amides is 3. The Morgan fingerprint density at radius 1 is 0.974 bits per heavy atom. The number of anilines is 2. The van der Waals surface area contributed by atoms with Crippen LogP contribution in [0, 0.1) is 0 Å². The van der Waals surface area contributed by atoms with Crippen molar-refractivity contribution in [2.45, 2.75) is 19.0 Å². The zero-order valence-corrected chi connectivity index (χ0v) is 21.3. The van der Waals surface area contributed by atoms with Crippen molar-refractivity contribution in [3.63, 3.8) is 0 Å². The van der Waals surface area contributed by atoms with Gasteiger partial charge in [-0.3, -0.25) is 19.4 Å². The van der Waals surface area contributed by atoms with Crippen LogP contribution in [0.25, 0.3) is 0 Å². The van der Waals surface area contributed by atoms with Gasteiger partial charge in [0.2, 0.25) is 5.91 Å². The zero-order valence-electron chi connectivity index (χ0n) is 19.8. The second-order valence-corrected chi connectivity index (χ2v) is 9.34. The van der Waals surface area contributed by atoms with Crippen LogP contribution in [-0.2, 0) is 17.8 Å². The number of fused-ring (bicyclic) bond motifs is 1. The largest absolute Gasteiger partial charge is 0.322 e. The second kappa shape index (κ2) is 11.0. The van der Waals surface area contributed by atoms with E-state index >= 15 is 0 Å². The summed E-state index contributed by atoms with van der Waals surface area (Å²) in [7, 11) is 0. The highest BCUT2D eigenvalue weighted by molar-refractivity contribution is 6.34. The highest BCUT2D eigenvalue weighted by atomic mass is 35.5. The Balaban J connectivity index is 1.45. The number of carbonyl (C=O) groups is 3. The molecular formula is C27H20Cl2N6O3. The summed E-state index contributed by atoms with van der Waals surface area (Å²) in [5, 5.41) is 5.95. The number of rotatable bonds is 6. The zero-order chi connectivity index (χ0) is 26.6. The third kappa shape index (κ3) is 5.49.